The summed E-state index contributed by atoms with van der Waals surface area (Å²) < 4.78 is 5.33. The average molecular weight is 721 g/mol. The fourth-order valence-electron chi connectivity index (χ4n) is 11.1. The summed E-state index contributed by atoms with van der Waals surface area (Å²) >= 11 is 0. The van der Waals surface area contributed by atoms with Crippen LogP contribution in [0.5, 0.6) is 0 Å². The third kappa shape index (κ3) is 4.17. The number of hydrogen-bond acceptors (Lipinski definition) is 0. The van der Waals surface area contributed by atoms with Gasteiger partial charge in [-0.25, -0.2) is 0 Å². The van der Waals surface area contributed by atoms with Gasteiger partial charge in [-0.05, 0) is 124 Å². The molecule has 270 valence electrons. The van der Waals surface area contributed by atoms with Gasteiger partial charge in [-0.1, -0.05) is 131 Å². The number of aromatic nitrogens is 2. The van der Waals surface area contributed by atoms with Crippen molar-refractivity contribution in [1.29, 1.82) is 0 Å². The number of para-hydroxylation sites is 1. The summed E-state index contributed by atoms with van der Waals surface area (Å²) in [7, 11) is 0. The van der Waals surface area contributed by atoms with Gasteiger partial charge in [-0.2, -0.15) is 0 Å². The van der Waals surface area contributed by atoms with Gasteiger partial charge in [-0.15, -0.1) is 0 Å². The van der Waals surface area contributed by atoms with Gasteiger partial charge in [0.2, 0.25) is 0 Å². The van der Waals surface area contributed by atoms with Crippen LogP contribution in [0.2, 0.25) is 0 Å². The van der Waals surface area contributed by atoms with E-state index < -0.39 is 0 Å². The Morgan fingerprint density at radius 2 is 1.23 bits per heavy atom. The fourth-order valence-corrected chi connectivity index (χ4v) is 11.1. The van der Waals surface area contributed by atoms with E-state index in [1.807, 2.05) is 0 Å². The lowest BCUT2D eigenvalue weighted by molar-refractivity contribution is 0.615. The van der Waals surface area contributed by atoms with E-state index >= 15 is 0 Å². The normalized spacial score (nSPS) is 17.1. The standard InChI is InChI=1S/C54H44N2/c1-53(2)42-22-14-15-23-47(42)55-46-27-25-37(34-18-10-6-11-19-34)29-41(46)49-50-48(32-44(53)52(49)55)56-45-26-24-36(33-16-8-5-9-17-33)28-39(45)40-30-38(35-20-12-7-13-21-35)31-43(51(40)56)54(50,3)4/h5-8,10-16,18-23,25,27-32H,9,17,24,26H2,1-4H3. The summed E-state index contributed by atoms with van der Waals surface area (Å²) in [5, 5.41) is 4.11. The molecule has 0 atom stereocenters. The molecule has 2 heteroatoms. The molecule has 0 radical (unpaired) electrons. The molecule has 8 aromatic rings. The molecule has 0 spiro atoms. The van der Waals surface area contributed by atoms with Gasteiger partial charge in [0, 0.05) is 38.2 Å². The van der Waals surface area contributed by atoms with Crippen LogP contribution in [-0.2, 0) is 17.3 Å². The topological polar surface area (TPSA) is 9.86 Å². The Balaban J connectivity index is 1.26. The van der Waals surface area contributed by atoms with Crippen molar-refractivity contribution in [1.82, 2.24) is 9.13 Å². The molecule has 0 bridgehead atoms. The summed E-state index contributed by atoms with van der Waals surface area (Å²) in [5.41, 5.74) is 22.8. The van der Waals surface area contributed by atoms with Gasteiger partial charge >= 0.3 is 0 Å². The van der Waals surface area contributed by atoms with Crippen molar-refractivity contribution in [3.05, 3.63) is 184 Å². The van der Waals surface area contributed by atoms with Gasteiger partial charge in [0.25, 0.3) is 0 Å². The molecule has 4 aliphatic rings. The van der Waals surface area contributed by atoms with Crippen molar-refractivity contribution in [2.75, 3.05) is 0 Å². The van der Waals surface area contributed by atoms with E-state index in [4.69, 9.17) is 0 Å². The molecule has 2 aromatic heterocycles. The summed E-state index contributed by atoms with van der Waals surface area (Å²) in [6, 6.07) is 45.9. The van der Waals surface area contributed by atoms with E-state index in [0.29, 0.717) is 0 Å². The lowest BCUT2D eigenvalue weighted by Crippen LogP contribution is -2.31. The van der Waals surface area contributed by atoms with Crippen LogP contribution in [0.4, 0.5) is 0 Å². The van der Waals surface area contributed by atoms with Crippen LogP contribution in [0.1, 0.15) is 80.5 Å². The zero-order chi connectivity index (χ0) is 37.5. The molecule has 0 amide bonds. The van der Waals surface area contributed by atoms with Crippen LogP contribution in [0, 0.1) is 0 Å². The second-order valence-corrected chi connectivity index (χ2v) is 17.6. The molecule has 0 saturated heterocycles. The zero-order valence-electron chi connectivity index (χ0n) is 32.6. The highest BCUT2D eigenvalue weighted by molar-refractivity contribution is 6.17. The second kappa shape index (κ2) is 11.2. The summed E-state index contributed by atoms with van der Waals surface area (Å²) in [6.07, 6.45) is 13.8. The molecule has 4 heterocycles. The van der Waals surface area contributed by atoms with Crippen LogP contribution in [0.3, 0.4) is 0 Å². The van der Waals surface area contributed by atoms with Crippen molar-refractivity contribution < 1.29 is 0 Å². The maximum absolute atomic E-state index is 2.73. The van der Waals surface area contributed by atoms with E-state index in [9.17, 15) is 0 Å². The minimum Gasteiger partial charge on any atom is -0.312 e. The first-order chi connectivity index (χ1) is 27.3. The smallest absolute Gasteiger partial charge is 0.0586 e. The van der Waals surface area contributed by atoms with E-state index in [0.717, 1.165) is 25.7 Å². The summed E-state index contributed by atoms with van der Waals surface area (Å²) in [5.74, 6) is 0. The first kappa shape index (κ1) is 32.2. The molecule has 0 N–H and O–H groups in total. The molecule has 56 heavy (non-hydrogen) atoms. The third-order valence-corrected chi connectivity index (χ3v) is 13.8. The predicted octanol–water partition coefficient (Wildman–Crippen LogP) is 13.9. The summed E-state index contributed by atoms with van der Waals surface area (Å²) in [4.78, 5) is 0. The van der Waals surface area contributed by atoms with Crippen molar-refractivity contribution in [2.45, 2.75) is 64.2 Å². The van der Waals surface area contributed by atoms with Crippen molar-refractivity contribution in [3.8, 4) is 33.6 Å². The Bertz CT molecular complexity index is 3100. The van der Waals surface area contributed by atoms with Crippen LogP contribution in [0.15, 0.2) is 151 Å². The van der Waals surface area contributed by atoms with Gasteiger partial charge < -0.3 is 9.13 Å². The van der Waals surface area contributed by atoms with E-state index in [1.165, 1.54) is 111 Å². The minimum atomic E-state index is -0.292. The minimum absolute atomic E-state index is 0.196. The predicted molar refractivity (Wildman–Crippen MR) is 235 cm³/mol. The van der Waals surface area contributed by atoms with Crippen molar-refractivity contribution >= 4 is 38.8 Å². The number of allylic oxidation sites excluding steroid dienone is 5. The number of hydrogen-bond donors (Lipinski definition) is 0. The Kier molecular flexibility index (Phi) is 6.45. The second-order valence-electron chi connectivity index (χ2n) is 17.6. The molecule has 0 unspecified atom stereocenters. The highest BCUT2D eigenvalue weighted by Crippen LogP contribution is 2.57. The van der Waals surface area contributed by atoms with Crippen LogP contribution in [0.25, 0.3) is 72.4 Å². The highest BCUT2D eigenvalue weighted by atomic mass is 15.0. The third-order valence-electron chi connectivity index (χ3n) is 13.8. The van der Waals surface area contributed by atoms with E-state index in [1.54, 1.807) is 0 Å². The first-order valence-electron chi connectivity index (χ1n) is 20.5. The molecule has 0 saturated carbocycles. The first-order valence-corrected chi connectivity index (χ1v) is 20.5. The number of fused-ring (bicyclic) bond motifs is 11. The van der Waals surface area contributed by atoms with Gasteiger partial charge in [0.15, 0.2) is 0 Å². The summed E-state index contributed by atoms with van der Waals surface area (Å²) in [6.45, 7) is 9.89. The molecule has 2 nitrogen and oxygen atoms in total. The van der Waals surface area contributed by atoms with Crippen molar-refractivity contribution in [2.24, 2.45) is 0 Å². The van der Waals surface area contributed by atoms with Crippen molar-refractivity contribution in [3.63, 3.8) is 0 Å². The lowest BCUT2D eigenvalue weighted by Gasteiger charge is -2.40. The number of rotatable bonds is 3. The van der Waals surface area contributed by atoms with E-state index in [2.05, 4.69) is 182 Å². The molecule has 0 fully saturated rings. The largest absolute Gasteiger partial charge is 0.312 e. The maximum Gasteiger partial charge on any atom is 0.0586 e. The Hall–Kier alpha value is -6.12. The van der Waals surface area contributed by atoms with Gasteiger partial charge in [0.05, 0.1) is 27.9 Å². The Morgan fingerprint density at radius 3 is 2.00 bits per heavy atom. The molecule has 2 aliphatic heterocycles. The monoisotopic (exact) mass is 720 g/mol. The van der Waals surface area contributed by atoms with Gasteiger partial charge in [-0.3, -0.25) is 0 Å². The fraction of sp³-hybridized carbons (Fsp3) is 0.185. The molecular formula is C54H44N2. The molecule has 12 rings (SSSR count). The molecular weight excluding hydrogens is 677 g/mol. The maximum atomic E-state index is 2.73. The average Bonchev–Trinajstić information content (AvgIpc) is 3.75. The highest BCUT2D eigenvalue weighted by Gasteiger charge is 2.44. The number of benzene rings is 6. The quantitative estimate of drug-likeness (QED) is 0.172. The van der Waals surface area contributed by atoms with Gasteiger partial charge in [0.1, 0.15) is 0 Å². The molecule has 2 aliphatic carbocycles. The van der Waals surface area contributed by atoms with Crippen LogP contribution < -0.4 is 0 Å². The lowest BCUT2D eigenvalue weighted by atomic mass is 9.69. The van der Waals surface area contributed by atoms with Crippen LogP contribution in [-0.4, -0.2) is 9.13 Å². The SMILES string of the molecule is CC1(C)c2c(cc3c4c2c2cc(-c5ccccc5)ccc2n4-c2ccccc2C3(C)C)-n2c3c(c4cc(-c5ccccc5)cc1c42)C=C(C1=CC=CCC1)CC3. The Labute approximate surface area is 328 Å². The Morgan fingerprint density at radius 1 is 0.518 bits per heavy atom. The molecule has 6 aromatic carbocycles. The van der Waals surface area contributed by atoms with Crippen LogP contribution >= 0.6 is 0 Å². The van der Waals surface area contributed by atoms with E-state index in [-0.39, 0.29) is 10.8 Å². The number of nitrogens with zero attached hydrogens (tertiary/aromatic N) is 2. The zero-order valence-corrected chi connectivity index (χ0v) is 32.6.